The Bertz CT molecular complexity index is 1510. The minimum Gasteiger partial charge on any atom is -0.495 e. The predicted molar refractivity (Wildman–Crippen MR) is 187 cm³/mol. The van der Waals surface area contributed by atoms with Crippen molar-refractivity contribution in [2.75, 3.05) is 60.8 Å². The van der Waals surface area contributed by atoms with Gasteiger partial charge in [-0.15, -0.1) is 12.4 Å². The number of benzene rings is 2. The first-order chi connectivity index (χ1) is 21.7. The van der Waals surface area contributed by atoms with E-state index in [-0.39, 0.29) is 47.1 Å². The van der Waals surface area contributed by atoms with Gasteiger partial charge < -0.3 is 25.0 Å². The molecule has 248 valence electrons. The molecule has 14 heteroatoms. The highest BCUT2D eigenvalue weighted by molar-refractivity contribution is 6.42. The number of aromatic nitrogens is 2. The van der Waals surface area contributed by atoms with Crippen molar-refractivity contribution in [2.24, 2.45) is 0 Å². The minimum absolute atomic E-state index is 0. The van der Waals surface area contributed by atoms with Gasteiger partial charge in [-0.1, -0.05) is 55.8 Å². The van der Waals surface area contributed by atoms with Crippen molar-refractivity contribution >= 4 is 70.7 Å². The Balaban J connectivity index is 0.00000576. The molecule has 2 aromatic carbocycles. The first-order valence-electron chi connectivity index (χ1n) is 14.8. The van der Waals surface area contributed by atoms with Crippen LogP contribution in [0.2, 0.25) is 10.0 Å². The Morgan fingerprint density at radius 2 is 1.80 bits per heavy atom. The molecule has 0 radical (unpaired) electrons. The Morgan fingerprint density at radius 3 is 2.43 bits per heavy atom. The number of carbonyl (C=O) groups excluding carboxylic acids is 2. The van der Waals surface area contributed by atoms with Crippen molar-refractivity contribution in [3.8, 4) is 11.5 Å². The van der Waals surface area contributed by atoms with Gasteiger partial charge >= 0.3 is 6.03 Å². The highest BCUT2D eigenvalue weighted by Gasteiger charge is 2.36. The molecule has 0 atom stereocenters. The van der Waals surface area contributed by atoms with E-state index in [1.165, 1.54) is 25.2 Å². The van der Waals surface area contributed by atoms with Gasteiger partial charge in [-0.25, -0.2) is 9.78 Å². The molecule has 3 aromatic rings. The quantitative estimate of drug-likeness (QED) is 0.129. The monoisotopic (exact) mass is 691 g/mol. The van der Waals surface area contributed by atoms with Crippen molar-refractivity contribution in [3.63, 3.8) is 0 Å². The molecule has 1 aromatic heterocycles. The summed E-state index contributed by atoms with van der Waals surface area (Å²) in [5.41, 5.74) is 2.25. The van der Waals surface area contributed by atoms with Gasteiger partial charge in [-0.2, -0.15) is 4.98 Å². The number of urea groups is 1. The number of halogens is 3. The lowest BCUT2D eigenvalue weighted by Crippen LogP contribution is -2.48. The van der Waals surface area contributed by atoms with Crippen LogP contribution in [0.3, 0.4) is 0 Å². The maximum absolute atomic E-state index is 14.3. The van der Waals surface area contributed by atoms with E-state index in [0.29, 0.717) is 41.1 Å². The van der Waals surface area contributed by atoms with E-state index in [9.17, 15) is 9.59 Å². The van der Waals surface area contributed by atoms with Crippen LogP contribution in [0.1, 0.15) is 37.8 Å². The second-order valence-corrected chi connectivity index (χ2v) is 11.1. The van der Waals surface area contributed by atoms with E-state index < -0.39 is 6.03 Å². The maximum atomic E-state index is 14.3. The summed E-state index contributed by atoms with van der Waals surface area (Å²) in [5, 5.41) is 6.40. The molecule has 11 nitrogen and oxygen atoms in total. The molecule has 2 N–H and O–H groups in total. The molecule has 46 heavy (non-hydrogen) atoms. The van der Waals surface area contributed by atoms with E-state index in [4.69, 9.17) is 37.7 Å². The lowest BCUT2D eigenvalue weighted by Gasteiger charge is -2.37. The number of rotatable bonds is 15. The van der Waals surface area contributed by atoms with Gasteiger partial charge in [0.05, 0.1) is 33.0 Å². The third-order valence-corrected chi connectivity index (χ3v) is 8.24. The Labute approximate surface area is 286 Å². The van der Waals surface area contributed by atoms with Crippen LogP contribution in [0.5, 0.6) is 11.5 Å². The molecule has 2 heterocycles. The Hall–Kier alpha value is -3.77. The molecule has 0 unspecified atom stereocenters. The van der Waals surface area contributed by atoms with Crippen molar-refractivity contribution in [1.29, 1.82) is 0 Å². The normalized spacial score (nSPS) is 12.4. The van der Waals surface area contributed by atoms with E-state index in [1.54, 1.807) is 35.4 Å². The van der Waals surface area contributed by atoms with Crippen LogP contribution in [0.25, 0.3) is 0 Å². The lowest BCUT2D eigenvalue weighted by atomic mass is 10.1. The first kappa shape index (κ1) is 36.7. The molecule has 0 fully saturated rings. The number of methoxy groups -OCH3 is 2. The Kier molecular flexibility index (Phi) is 13.7. The van der Waals surface area contributed by atoms with Gasteiger partial charge in [0.25, 0.3) is 0 Å². The summed E-state index contributed by atoms with van der Waals surface area (Å²) in [6, 6.07) is 8.37. The summed E-state index contributed by atoms with van der Waals surface area (Å²) in [6.45, 7) is 11.9. The van der Waals surface area contributed by atoms with Gasteiger partial charge in [-0.3, -0.25) is 14.6 Å². The SMILES string of the molecule is C=CC(=O)Nc1cccc(CN2C(=O)N(c3c(Cl)c(OC)cc(OC)c3Cl)Cc3cnc(NCCCCN(CC)CC)nc32)c1.Cl. The fraction of sp³-hybridized carbons (Fsp3) is 0.375. The number of hydrogen-bond donors (Lipinski definition) is 2. The van der Waals surface area contributed by atoms with Crippen LogP contribution in [-0.4, -0.2) is 67.2 Å². The van der Waals surface area contributed by atoms with E-state index in [0.717, 1.165) is 38.0 Å². The number of nitrogens with one attached hydrogen (secondary N) is 2. The summed E-state index contributed by atoms with van der Waals surface area (Å²) in [5.74, 6) is 1.16. The largest absolute Gasteiger partial charge is 0.495 e. The summed E-state index contributed by atoms with van der Waals surface area (Å²) in [7, 11) is 2.95. The lowest BCUT2D eigenvalue weighted by molar-refractivity contribution is -0.111. The van der Waals surface area contributed by atoms with Gasteiger partial charge in [0.2, 0.25) is 11.9 Å². The standard InChI is InChI=1S/C32H39Cl2N7O4.ClH/c1-6-26(42)37-23-13-11-12-21(16-23)19-41-30-22(18-36-31(38-30)35-14-9-10-15-39(7-2)8-3)20-40(32(41)43)29-27(33)24(44-4)17-25(45-5)28(29)34;/h6,11-13,16-18H,1,7-10,14-15,19-20H2,2-5H3,(H,37,42)(H,35,36,38);1H. The number of carbonyl (C=O) groups is 2. The number of fused-ring (bicyclic) bond motifs is 1. The highest BCUT2D eigenvalue weighted by atomic mass is 35.5. The zero-order chi connectivity index (χ0) is 32.5. The highest BCUT2D eigenvalue weighted by Crippen LogP contribution is 2.48. The number of amides is 3. The molecular weight excluding hydrogens is 653 g/mol. The fourth-order valence-corrected chi connectivity index (χ4v) is 5.76. The summed E-state index contributed by atoms with van der Waals surface area (Å²) < 4.78 is 10.9. The van der Waals surface area contributed by atoms with Gasteiger partial charge in [0.15, 0.2) is 0 Å². The molecule has 1 aliphatic heterocycles. The third-order valence-electron chi connectivity index (χ3n) is 7.51. The third kappa shape index (κ3) is 8.52. The molecule has 0 saturated heterocycles. The number of anilines is 4. The van der Waals surface area contributed by atoms with Crippen LogP contribution in [0.15, 0.2) is 49.2 Å². The number of ether oxygens (including phenoxy) is 2. The average molecular weight is 693 g/mol. The van der Waals surface area contributed by atoms with Gasteiger partial charge in [-0.05, 0) is 56.2 Å². The molecular formula is C32H40Cl3N7O4. The molecule has 0 saturated carbocycles. The van der Waals surface area contributed by atoms with Crippen molar-refractivity contribution in [3.05, 3.63) is 70.4 Å². The van der Waals surface area contributed by atoms with Crippen molar-refractivity contribution < 1.29 is 19.1 Å². The maximum Gasteiger partial charge on any atom is 0.330 e. The zero-order valence-electron chi connectivity index (χ0n) is 26.4. The van der Waals surface area contributed by atoms with Gasteiger partial charge in [0.1, 0.15) is 27.4 Å². The van der Waals surface area contributed by atoms with Crippen LogP contribution in [0, 0.1) is 0 Å². The van der Waals surface area contributed by atoms with Crippen LogP contribution in [-0.2, 0) is 17.9 Å². The molecule has 3 amide bonds. The molecule has 4 rings (SSSR count). The summed E-state index contributed by atoms with van der Waals surface area (Å²) in [6.07, 6.45) is 4.89. The smallest absolute Gasteiger partial charge is 0.330 e. The van der Waals surface area contributed by atoms with Crippen LogP contribution >= 0.6 is 35.6 Å². The molecule has 0 spiro atoms. The molecule has 1 aliphatic rings. The first-order valence-corrected chi connectivity index (χ1v) is 15.5. The van der Waals surface area contributed by atoms with Crippen LogP contribution < -0.4 is 29.9 Å². The van der Waals surface area contributed by atoms with E-state index >= 15 is 0 Å². The second kappa shape index (κ2) is 17.2. The zero-order valence-corrected chi connectivity index (χ0v) is 28.8. The van der Waals surface area contributed by atoms with Crippen molar-refractivity contribution in [1.82, 2.24) is 14.9 Å². The number of nitrogens with zero attached hydrogens (tertiary/aromatic N) is 5. The molecule has 0 bridgehead atoms. The Morgan fingerprint density at radius 1 is 1.11 bits per heavy atom. The predicted octanol–water partition coefficient (Wildman–Crippen LogP) is 7.03. The van der Waals surface area contributed by atoms with Crippen molar-refractivity contribution in [2.45, 2.75) is 39.8 Å². The van der Waals surface area contributed by atoms with E-state index in [2.05, 4.69) is 40.9 Å². The summed E-state index contributed by atoms with van der Waals surface area (Å²) in [4.78, 5) is 41.0. The van der Waals surface area contributed by atoms with E-state index in [1.807, 2.05) is 6.07 Å². The number of hydrogen-bond acceptors (Lipinski definition) is 8. The summed E-state index contributed by atoms with van der Waals surface area (Å²) >= 11 is 13.5. The fourth-order valence-electron chi connectivity index (χ4n) is 5.05. The molecule has 0 aliphatic carbocycles. The van der Waals surface area contributed by atoms with Gasteiger partial charge in [0, 0.05) is 30.1 Å². The second-order valence-electron chi connectivity index (χ2n) is 10.3. The number of unbranched alkanes of at least 4 members (excludes halogenated alkanes) is 1. The topological polar surface area (TPSA) is 112 Å². The minimum atomic E-state index is -0.411. The average Bonchev–Trinajstić information content (AvgIpc) is 3.05. The van der Waals surface area contributed by atoms with Crippen LogP contribution in [0.4, 0.5) is 27.9 Å².